The van der Waals surface area contributed by atoms with E-state index in [0.717, 1.165) is 17.2 Å². The average molecular weight is 342 g/mol. The number of halogens is 2. The quantitative estimate of drug-likeness (QED) is 0.817. The topological polar surface area (TPSA) is 87.5 Å². The molecule has 2 atom stereocenters. The van der Waals surface area contributed by atoms with Gasteiger partial charge in [-0.3, -0.25) is 14.3 Å². The molecule has 2 amide bonds. The zero-order chi connectivity index (χ0) is 17.5. The molecule has 0 bridgehead atoms. The van der Waals surface area contributed by atoms with E-state index in [1.165, 1.54) is 11.9 Å². The van der Waals surface area contributed by atoms with E-state index in [1.54, 1.807) is 0 Å². The van der Waals surface area contributed by atoms with Gasteiger partial charge in [-0.25, -0.2) is 8.78 Å². The normalized spacial score (nSPS) is 27.6. The van der Waals surface area contributed by atoms with Crippen LogP contribution in [0.3, 0.4) is 0 Å². The van der Waals surface area contributed by atoms with Crippen LogP contribution in [0, 0.1) is 5.41 Å². The van der Waals surface area contributed by atoms with Crippen LogP contribution in [0.4, 0.5) is 8.78 Å². The maximum Gasteiger partial charge on any atom is 0.282 e. The molecule has 24 heavy (non-hydrogen) atoms. The number of hydrogen-bond donors (Lipinski definition) is 2. The molecule has 2 saturated heterocycles. The second-order valence-corrected chi connectivity index (χ2v) is 6.43. The number of aromatic nitrogens is 2. The highest BCUT2D eigenvalue weighted by Gasteiger charge is 2.50. The lowest BCUT2D eigenvalue weighted by Crippen LogP contribution is -2.62. The molecule has 1 aromatic rings. The van der Waals surface area contributed by atoms with Crippen molar-refractivity contribution in [3.63, 3.8) is 0 Å². The molecule has 3 rings (SSSR count). The van der Waals surface area contributed by atoms with Crippen molar-refractivity contribution < 1.29 is 23.5 Å². The van der Waals surface area contributed by atoms with Gasteiger partial charge in [-0.2, -0.15) is 5.10 Å². The molecule has 0 aliphatic carbocycles. The van der Waals surface area contributed by atoms with Gasteiger partial charge in [0.1, 0.15) is 11.4 Å². The number of nitrogens with zero attached hydrogens (tertiary/aromatic N) is 3. The molecular weight excluding hydrogens is 322 g/mol. The molecule has 2 fully saturated rings. The van der Waals surface area contributed by atoms with Crippen molar-refractivity contribution in [2.75, 3.05) is 19.6 Å². The Morgan fingerprint density at radius 3 is 2.92 bits per heavy atom. The summed E-state index contributed by atoms with van der Waals surface area (Å²) >= 11 is 0. The number of likely N-dealkylation sites (tertiary alicyclic amines) is 1. The Hall–Kier alpha value is -2.03. The smallest absolute Gasteiger partial charge is 0.282 e. The van der Waals surface area contributed by atoms with Gasteiger partial charge < -0.3 is 15.3 Å². The lowest BCUT2D eigenvalue weighted by Gasteiger charge is -2.46. The first-order valence-electron chi connectivity index (χ1n) is 7.93. The van der Waals surface area contributed by atoms with E-state index in [1.807, 2.05) is 0 Å². The highest BCUT2D eigenvalue weighted by Crippen LogP contribution is 2.37. The van der Waals surface area contributed by atoms with Crippen molar-refractivity contribution in [2.24, 2.45) is 12.5 Å². The first-order chi connectivity index (χ1) is 11.3. The third-order valence-corrected chi connectivity index (χ3v) is 4.95. The van der Waals surface area contributed by atoms with Crippen LogP contribution < -0.4 is 5.32 Å². The van der Waals surface area contributed by atoms with Gasteiger partial charge in [0.2, 0.25) is 5.91 Å². The van der Waals surface area contributed by atoms with Crippen molar-refractivity contribution in [3.8, 4) is 0 Å². The number of nitrogens with one attached hydrogen (secondary N) is 1. The zero-order valence-electron chi connectivity index (χ0n) is 13.3. The number of carbonyl (C=O) groups excluding carboxylic acids is 2. The third-order valence-electron chi connectivity index (χ3n) is 4.95. The van der Waals surface area contributed by atoms with Gasteiger partial charge in [0, 0.05) is 26.7 Å². The highest BCUT2D eigenvalue weighted by molar-refractivity contribution is 5.94. The van der Waals surface area contributed by atoms with Crippen LogP contribution >= 0.6 is 0 Å². The first kappa shape index (κ1) is 16.8. The Morgan fingerprint density at radius 2 is 2.29 bits per heavy atom. The summed E-state index contributed by atoms with van der Waals surface area (Å²) in [5.41, 5.74) is -1.42. The van der Waals surface area contributed by atoms with E-state index >= 15 is 0 Å². The largest absolute Gasteiger partial charge is 0.392 e. The molecule has 0 saturated carbocycles. The Kier molecular flexibility index (Phi) is 4.29. The highest BCUT2D eigenvalue weighted by atomic mass is 19.3. The molecule has 2 aliphatic heterocycles. The predicted octanol–water partition coefficient (Wildman–Crippen LogP) is 0.461. The standard InChI is InChI=1S/C15H20F2N4O3/c1-20-10(7-9(19-20)12(16)17)13(23)21-6-3-11(22)15(8-21)4-2-5-18-14(15)24/h7,11-12,22H,2-6,8H2,1H3,(H,18,24)/t11-,15+/m0/s1. The number of piperidine rings is 2. The van der Waals surface area contributed by atoms with Gasteiger partial charge in [0.25, 0.3) is 12.3 Å². The minimum absolute atomic E-state index is 0.0491. The average Bonchev–Trinajstić information content (AvgIpc) is 2.94. The second kappa shape index (κ2) is 6.12. The number of aliphatic hydroxyl groups is 1. The first-order valence-corrected chi connectivity index (χ1v) is 7.93. The number of rotatable bonds is 2. The van der Waals surface area contributed by atoms with E-state index in [4.69, 9.17) is 0 Å². The minimum Gasteiger partial charge on any atom is -0.392 e. The fraction of sp³-hybridized carbons (Fsp3) is 0.667. The van der Waals surface area contributed by atoms with E-state index in [9.17, 15) is 23.5 Å². The predicted molar refractivity (Wildman–Crippen MR) is 79.4 cm³/mol. The van der Waals surface area contributed by atoms with E-state index in [0.29, 0.717) is 13.0 Å². The van der Waals surface area contributed by atoms with Gasteiger partial charge in [0.15, 0.2) is 0 Å². The minimum atomic E-state index is -2.75. The maximum absolute atomic E-state index is 12.8. The Bertz CT molecular complexity index is 663. The van der Waals surface area contributed by atoms with E-state index < -0.39 is 29.5 Å². The Labute approximate surface area is 137 Å². The van der Waals surface area contributed by atoms with Crippen LogP contribution in [0.15, 0.2) is 6.07 Å². The number of alkyl halides is 2. The van der Waals surface area contributed by atoms with Crippen molar-refractivity contribution in [3.05, 3.63) is 17.5 Å². The fourth-order valence-corrected chi connectivity index (χ4v) is 3.58. The van der Waals surface area contributed by atoms with Crippen LogP contribution in [-0.4, -0.2) is 57.3 Å². The molecule has 0 unspecified atom stereocenters. The lowest BCUT2D eigenvalue weighted by atomic mass is 9.71. The third kappa shape index (κ3) is 2.66. The van der Waals surface area contributed by atoms with Gasteiger partial charge in [0.05, 0.1) is 11.5 Å². The molecule has 1 spiro atoms. The SMILES string of the molecule is Cn1nc(C(F)F)cc1C(=O)N1CC[C@H](O)[C@@]2(CCCNC2=O)C1. The molecule has 2 aliphatic rings. The van der Waals surface area contributed by atoms with Crippen molar-refractivity contribution in [1.82, 2.24) is 20.0 Å². The van der Waals surface area contributed by atoms with Gasteiger partial charge in [-0.15, -0.1) is 0 Å². The molecule has 2 N–H and O–H groups in total. The van der Waals surface area contributed by atoms with Gasteiger partial charge >= 0.3 is 0 Å². The maximum atomic E-state index is 12.8. The molecule has 1 aromatic heterocycles. The van der Waals surface area contributed by atoms with E-state index in [2.05, 4.69) is 10.4 Å². The molecule has 132 valence electrons. The zero-order valence-corrected chi connectivity index (χ0v) is 13.3. The lowest BCUT2D eigenvalue weighted by molar-refractivity contribution is -0.147. The van der Waals surface area contributed by atoms with Gasteiger partial charge in [-0.05, 0) is 25.3 Å². The van der Waals surface area contributed by atoms with Crippen LogP contribution in [0.5, 0.6) is 0 Å². The van der Waals surface area contributed by atoms with Crippen LogP contribution in [-0.2, 0) is 11.8 Å². The summed E-state index contributed by atoms with van der Waals surface area (Å²) in [6.07, 6.45) is -2.07. The number of aliphatic hydroxyl groups excluding tert-OH is 1. The van der Waals surface area contributed by atoms with Crippen molar-refractivity contribution in [2.45, 2.75) is 31.8 Å². The second-order valence-electron chi connectivity index (χ2n) is 6.43. The number of carbonyl (C=O) groups is 2. The Morgan fingerprint density at radius 1 is 1.54 bits per heavy atom. The van der Waals surface area contributed by atoms with Crippen LogP contribution in [0.2, 0.25) is 0 Å². The number of aryl methyl sites for hydroxylation is 1. The summed E-state index contributed by atoms with van der Waals surface area (Å²) in [6, 6.07) is 1.08. The summed E-state index contributed by atoms with van der Waals surface area (Å²) in [4.78, 5) is 26.5. The summed E-state index contributed by atoms with van der Waals surface area (Å²) in [7, 11) is 1.43. The molecule has 3 heterocycles. The van der Waals surface area contributed by atoms with Crippen LogP contribution in [0.25, 0.3) is 0 Å². The Balaban J connectivity index is 1.84. The number of hydrogen-bond acceptors (Lipinski definition) is 4. The van der Waals surface area contributed by atoms with Crippen LogP contribution in [0.1, 0.15) is 41.9 Å². The molecule has 0 aromatic carbocycles. The summed E-state index contributed by atoms with van der Waals surface area (Å²) in [5, 5.41) is 16.7. The summed E-state index contributed by atoms with van der Waals surface area (Å²) in [5.74, 6) is -0.710. The fourth-order valence-electron chi connectivity index (χ4n) is 3.58. The molecule has 7 nitrogen and oxygen atoms in total. The van der Waals surface area contributed by atoms with Crippen molar-refractivity contribution in [1.29, 1.82) is 0 Å². The summed E-state index contributed by atoms with van der Waals surface area (Å²) < 4.78 is 26.7. The molecule has 9 heteroatoms. The van der Waals surface area contributed by atoms with Crippen molar-refractivity contribution >= 4 is 11.8 Å². The summed E-state index contributed by atoms with van der Waals surface area (Å²) in [6.45, 7) is 0.902. The molecule has 0 radical (unpaired) electrons. The monoisotopic (exact) mass is 342 g/mol. The number of amides is 2. The van der Waals surface area contributed by atoms with Gasteiger partial charge in [-0.1, -0.05) is 0 Å². The van der Waals surface area contributed by atoms with E-state index in [-0.39, 0.29) is 31.1 Å². The molecular formula is C15H20F2N4O3.